The molecule has 33 heavy (non-hydrogen) atoms. The third kappa shape index (κ3) is 7.75. The number of halogens is 1. The van der Waals surface area contributed by atoms with Crippen molar-refractivity contribution in [3.8, 4) is 16.9 Å². The van der Waals surface area contributed by atoms with Gasteiger partial charge in [0.1, 0.15) is 18.2 Å². The first kappa shape index (κ1) is 25.1. The summed E-state index contributed by atoms with van der Waals surface area (Å²) in [5, 5.41) is 9.50. The second-order valence-electron chi connectivity index (χ2n) is 7.90. The molecular weight excluding hydrogens is 448 g/mol. The Hall–Kier alpha value is -2.58. The average Bonchev–Trinajstić information content (AvgIpc) is 2.81. The zero-order chi connectivity index (χ0) is 23.9. The van der Waals surface area contributed by atoms with Crippen molar-refractivity contribution in [2.75, 3.05) is 13.2 Å². The van der Waals surface area contributed by atoms with Crippen LogP contribution in [0.4, 0.5) is 4.39 Å². The Morgan fingerprint density at radius 1 is 0.970 bits per heavy atom. The Balaban J connectivity index is 1.60. The second-order valence-corrected chi connectivity index (χ2v) is 9.14. The van der Waals surface area contributed by atoms with E-state index in [1.54, 1.807) is 24.3 Å². The van der Waals surface area contributed by atoms with Crippen molar-refractivity contribution in [3.63, 3.8) is 0 Å². The van der Waals surface area contributed by atoms with Gasteiger partial charge in [0.15, 0.2) is 0 Å². The molecule has 0 spiro atoms. The fourth-order valence-electron chi connectivity index (χ4n) is 3.21. The van der Waals surface area contributed by atoms with Crippen molar-refractivity contribution in [1.29, 1.82) is 0 Å². The van der Waals surface area contributed by atoms with E-state index in [1.807, 2.05) is 42.5 Å². The third-order valence-electron chi connectivity index (χ3n) is 5.20. The topological polar surface area (TPSA) is 122 Å². The molecule has 3 aromatic carbocycles. The summed E-state index contributed by atoms with van der Waals surface area (Å²) < 4.78 is 35.7. The molecule has 0 amide bonds. The first-order chi connectivity index (χ1) is 15.7. The maximum Gasteiger partial charge on any atom is 0.469 e. The molecule has 1 atom stereocenters. The van der Waals surface area contributed by atoms with Gasteiger partial charge in [-0.2, -0.15) is 0 Å². The smallest absolute Gasteiger partial charge is 0.469 e. The lowest BCUT2D eigenvalue weighted by Crippen LogP contribution is -2.48. The Kier molecular flexibility index (Phi) is 8.37. The normalized spacial score (nSPS) is 13.5. The largest absolute Gasteiger partial charge is 0.489 e. The predicted molar refractivity (Wildman–Crippen MR) is 123 cm³/mol. The van der Waals surface area contributed by atoms with Gasteiger partial charge in [0.25, 0.3) is 0 Å². The van der Waals surface area contributed by atoms with Gasteiger partial charge in [-0.1, -0.05) is 54.6 Å². The highest BCUT2D eigenvalue weighted by Crippen LogP contribution is 2.37. The van der Waals surface area contributed by atoms with Crippen LogP contribution in [0.2, 0.25) is 0 Å². The van der Waals surface area contributed by atoms with Gasteiger partial charge in [0, 0.05) is 11.6 Å². The lowest BCUT2D eigenvalue weighted by atomic mass is 9.93. The van der Waals surface area contributed by atoms with Crippen molar-refractivity contribution in [1.82, 2.24) is 0 Å². The number of aliphatic hydroxyl groups excluding tert-OH is 1. The summed E-state index contributed by atoms with van der Waals surface area (Å²) in [7, 11) is -4.68. The molecule has 0 saturated carbocycles. The minimum Gasteiger partial charge on any atom is -0.489 e. The number of hydrogen-bond acceptors (Lipinski definition) is 5. The average molecular weight is 475 g/mol. The summed E-state index contributed by atoms with van der Waals surface area (Å²) in [4.78, 5) is 17.7. The number of phosphoric acid groups is 1. The van der Waals surface area contributed by atoms with Gasteiger partial charge in [-0.3, -0.25) is 4.52 Å². The number of phosphoric ester groups is 1. The number of benzene rings is 3. The molecule has 0 aliphatic heterocycles. The maximum atomic E-state index is 14.7. The van der Waals surface area contributed by atoms with E-state index in [0.717, 1.165) is 11.1 Å². The van der Waals surface area contributed by atoms with Crippen molar-refractivity contribution >= 4 is 7.82 Å². The quantitative estimate of drug-likeness (QED) is 0.311. The molecule has 3 aromatic rings. The first-order valence-corrected chi connectivity index (χ1v) is 11.9. The van der Waals surface area contributed by atoms with Crippen molar-refractivity contribution in [3.05, 3.63) is 89.7 Å². The van der Waals surface area contributed by atoms with E-state index in [0.29, 0.717) is 29.9 Å². The number of aliphatic hydroxyl groups is 1. The van der Waals surface area contributed by atoms with Crippen LogP contribution in [0, 0.1) is 5.82 Å². The Labute approximate surface area is 191 Å². The fourth-order valence-corrected chi connectivity index (χ4v) is 3.64. The minimum absolute atomic E-state index is 0.241. The highest BCUT2D eigenvalue weighted by atomic mass is 31.2. The van der Waals surface area contributed by atoms with Crippen LogP contribution in [-0.2, 0) is 22.1 Å². The van der Waals surface area contributed by atoms with Gasteiger partial charge >= 0.3 is 7.82 Å². The van der Waals surface area contributed by atoms with Crippen molar-refractivity contribution in [2.45, 2.75) is 25.0 Å². The first-order valence-electron chi connectivity index (χ1n) is 10.3. The van der Waals surface area contributed by atoms with E-state index in [2.05, 4.69) is 4.52 Å². The Bertz CT molecular complexity index is 1090. The van der Waals surface area contributed by atoms with E-state index in [-0.39, 0.29) is 6.42 Å². The summed E-state index contributed by atoms with van der Waals surface area (Å²) in [6, 6.07) is 21.6. The zero-order valence-corrected chi connectivity index (χ0v) is 18.8. The summed E-state index contributed by atoms with van der Waals surface area (Å²) >= 11 is 0. The van der Waals surface area contributed by atoms with Crippen molar-refractivity contribution in [2.24, 2.45) is 5.73 Å². The minimum atomic E-state index is -4.68. The number of ether oxygens (including phenoxy) is 1. The van der Waals surface area contributed by atoms with Gasteiger partial charge in [0.05, 0.1) is 18.8 Å². The fraction of sp³-hybridized carbons (Fsp3) is 0.250. The Morgan fingerprint density at radius 3 is 2.27 bits per heavy atom. The standard InChI is InChI=1S/C24H27FNO6P/c25-23-14-21(31-15-19-4-2-1-3-5-19)10-11-22(23)20-8-6-18(7-9-20)12-13-24(26,16-27)17-32-33(28,29)30/h1-11,14,27H,12-13,15-17,26H2,(H2,28,29,30). The summed E-state index contributed by atoms with van der Waals surface area (Å²) in [5.41, 5.74) is 7.70. The number of rotatable bonds is 11. The van der Waals surface area contributed by atoms with Crippen LogP contribution in [0.3, 0.4) is 0 Å². The molecule has 0 aliphatic carbocycles. The molecule has 176 valence electrons. The van der Waals surface area contributed by atoms with Crippen LogP contribution >= 0.6 is 7.82 Å². The molecule has 5 N–H and O–H groups in total. The summed E-state index contributed by atoms with van der Waals surface area (Å²) in [5.74, 6) is 0.0432. The molecule has 0 heterocycles. The molecule has 3 rings (SSSR count). The lowest BCUT2D eigenvalue weighted by Gasteiger charge is -2.27. The van der Waals surface area contributed by atoms with Crippen LogP contribution in [0.1, 0.15) is 17.5 Å². The lowest BCUT2D eigenvalue weighted by molar-refractivity contribution is 0.102. The SMILES string of the molecule is NC(CO)(CCc1ccc(-c2ccc(OCc3ccccc3)cc2F)cc1)COP(=O)(O)O. The molecule has 0 aliphatic rings. The molecule has 0 radical (unpaired) electrons. The van der Waals surface area contributed by atoms with E-state index in [1.165, 1.54) is 6.07 Å². The highest BCUT2D eigenvalue weighted by molar-refractivity contribution is 7.46. The van der Waals surface area contributed by atoms with Gasteiger partial charge in [-0.15, -0.1) is 0 Å². The van der Waals surface area contributed by atoms with E-state index < -0.39 is 32.4 Å². The molecular formula is C24H27FNO6P. The summed E-state index contributed by atoms with van der Waals surface area (Å²) in [6.45, 7) is -0.616. The molecule has 9 heteroatoms. The van der Waals surface area contributed by atoms with Gasteiger partial charge < -0.3 is 25.4 Å². The Morgan fingerprint density at radius 2 is 1.67 bits per heavy atom. The van der Waals surface area contributed by atoms with Gasteiger partial charge in [-0.25, -0.2) is 8.96 Å². The maximum absolute atomic E-state index is 14.7. The molecule has 7 nitrogen and oxygen atoms in total. The second kappa shape index (κ2) is 11.0. The highest BCUT2D eigenvalue weighted by Gasteiger charge is 2.28. The molecule has 0 saturated heterocycles. The van der Waals surface area contributed by atoms with Crippen molar-refractivity contribution < 1.29 is 33.1 Å². The zero-order valence-electron chi connectivity index (χ0n) is 17.9. The van der Waals surface area contributed by atoms with Crippen LogP contribution < -0.4 is 10.5 Å². The monoisotopic (exact) mass is 475 g/mol. The van der Waals surface area contributed by atoms with Crippen LogP contribution in [0.25, 0.3) is 11.1 Å². The van der Waals surface area contributed by atoms with Crippen LogP contribution in [0.5, 0.6) is 5.75 Å². The van der Waals surface area contributed by atoms with E-state index in [4.69, 9.17) is 20.3 Å². The molecule has 0 aromatic heterocycles. The van der Waals surface area contributed by atoms with E-state index >= 15 is 0 Å². The van der Waals surface area contributed by atoms with Gasteiger partial charge in [0.2, 0.25) is 0 Å². The molecule has 0 fully saturated rings. The van der Waals surface area contributed by atoms with Crippen LogP contribution in [0.15, 0.2) is 72.8 Å². The number of hydrogen-bond donors (Lipinski definition) is 4. The summed E-state index contributed by atoms with van der Waals surface area (Å²) in [6.07, 6.45) is 0.682. The van der Waals surface area contributed by atoms with Crippen LogP contribution in [-0.4, -0.2) is 33.6 Å². The van der Waals surface area contributed by atoms with Gasteiger partial charge in [-0.05, 0) is 41.7 Å². The number of aryl methyl sites for hydroxylation is 1. The van der Waals surface area contributed by atoms with E-state index in [9.17, 15) is 14.1 Å². The third-order valence-corrected chi connectivity index (χ3v) is 5.67. The number of nitrogens with two attached hydrogens (primary N) is 1. The predicted octanol–water partition coefficient (Wildman–Crippen LogP) is 3.80. The molecule has 1 unspecified atom stereocenters. The molecule has 0 bridgehead atoms.